The van der Waals surface area contributed by atoms with Gasteiger partial charge in [-0.3, -0.25) is 4.79 Å². The zero-order valence-corrected chi connectivity index (χ0v) is 12.0. The number of benzene rings is 1. The van der Waals surface area contributed by atoms with Gasteiger partial charge in [0.1, 0.15) is 0 Å². The Labute approximate surface area is 117 Å². The number of carbonyl (C=O) groups is 2. The van der Waals surface area contributed by atoms with Gasteiger partial charge in [-0.25, -0.2) is 4.79 Å². The molecule has 1 aromatic rings. The largest absolute Gasteiger partial charge is 0.481 e. The first-order valence-corrected chi connectivity index (χ1v) is 7.05. The highest BCUT2D eigenvalue weighted by Crippen LogP contribution is 2.17. The van der Waals surface area contributed by atoms with Crippen LogP contribution in [-0.2, 0) is 4.79 Å². The van der Waals surface area contributed by atoms with Gasteiger partial charge in [0.05, 0.1) is 5.92 Å². The number of rotatable bonds is 5. The maximum absolute atomic E-state index is 11.8. The lowest BCUT2D eigenvalue weighted by molar-refractivity contribution is -0.141. The highest BCUT2D eigenvalue weighted by Gasteiger charge is 2.17. The number of hydrogen-bond donors (Lipinski definition) is 2. The standard InChI is InChI=1S/C13H18N2O3S/c1-9(12(16)17)8-15(2)13(18)14-10-4-6-11(19-3)7-5-10/h4-7,9H,8H2,1-3H3,(H,14,18)(H,16,17). The smallest absolute Gasteiger partial charge is 0.321 e. The fourth-order valence-corrected chi connectivity index (χ4v) is 1.87. The molecule has 0 aromatic heterocycles. The monoisotopic (exact) mass is 282 g/mol. The van der Waals surface area contributed by atoms with Gasteiger partial charge < -0.3 is 15.3 Å². The van der Waals surface area contributed by atoms with Crippen LogP contribution in [0.1, 0.15) is 6.92 Å². The van der Waals surface area contributed by atoms with E-state index in [2.05, 4.69) is 5.32 Å². The predicted molar refractivity (Wildman–Crippen MR) is 76.7 cm³/mol. The molecule has 0 radical (unpaired) electrons. The van der Waals surface area contributed by atoms with E-state index in [4.69, 9.17) is 5.11 Å². The van der Waals surface area contributed by atoms with Crippen LogP contribution in [0.5, 0.6) is 0 Å². The Hall–Kier alpha value is -1.69. The van der Waals surface area contributed by atoms with Gasteiger partial charge in [0, 0.05) is 24.2 Å². The topological polar surface area (TPSA) is 69.6 Å². The molecule has 6 heteroatoms. The third kappa shape index (κ3) is 4.82. The second kappa shape index (κ2) is 7.04. The van der Waals surface area contributed by atoms with E-state index in [1.807, 2.05) is 30.5 Å². The van der Waals surface area contributed by atoms with Gasteiger partial charge in [-0.2, -0.15) is 0 Å². The molecule has 1 rings (SSSR count). The van der Waals surface area contributed by atoms with E-state index < -0.39 is 11.9 Å². The third-order valence-electron chi connectivity index (χ3n) is 2.66. The van der Waals surface area contributed by atoms with Gasteiger partial charge in [0.25, 0.3) is 0 Å². The van der Waals surface area contributed by atoms with Crippen molar-refractivity contribution < 1.29 is 14.7 Å². The van der Waals surface area contributed by atoms with Crippen molar-refractivity contribution in [2.24, 2.45) is 5.92 Å². The van der Waals surface area contributed by atoms with E-state index in [1.165, 1.54) is 4.90 Å². The molecule has 1 atom stereocenters. The first-order chi connectivity index (χ1) is 8.93. The molecule has 0 heterocycles. The van der Waals surface area contributed by atoms with Crippen LogP contribution >= 0.6 is 11.8 Å². The number of nitrogens with zero attached hydrogens (tertiary/aromatic N) is 1. The molecule has 0 aliphatic rings. The average molecular weight is 282 g/mol. The minimum atomic E-state index is -0.913. The second-order valence-electron chi connectivity index (χ2n) is 4.28. The molecule has 0 saturated heterocycles. The molecule has 0 aliphatic heterocycles. The summed E-state index contributed by atoms with van der Waals surface area (Å²) >= 11 is 1.63. The summed E-state index contributed by atoms with van der Waals surface area (Å²) in [5.41, 5.74) is 0.692. The molecule has 19 heavy (non-hydrogen) atoms. The lowest BCUT2D eigenvalue weighted by atomic mass is 10.2. The number of aliphatic carboxylic acids is 1. The number of urea groups is 1. The Morgan fingerprint density at radius 1 is 1.37 bits per heavy atom. The minimum Gasteiger partial charge on any atom is -0.481 e. The number of anilines is 1. The maximum atomic E-state index is 11.8. The molecule has 2 amide bonds. The summed E-state index contributed by atoms with van der Waals surface area (Å²) < 4.78 is 0. The SMILES string of the molecule is CSc1ccc(NC(=O)N(C)CC(C)C(=O)O)cc1. The Morgan fingerprint density at radius 3 is 2.42 bits per heavy atom. The molecule has 0 saturated carbocycles. The zero-order valence-electron chi connectivity index (χ0n) is 11.2. The number of amides is 2. The number of carbonyl (C=O) groups excluding carboxylic acids is 1. The van der Waals surface area contributed by atoms with Crippen molar-refractivity contribution in [3.63, 3.8) is 0 Å². The third-order valence-corrected chi connectivity index (χ3v) is 3.40. The summed E-state index contributed by atoms with van der Waals surface area (Å²) in [6.45, 7) is 1.74. The van der Waals surface area contributed by atoms with E-state index >= 15 is 0 Å². The van der Waals surface area contributed by atoms with Crippen LogP contribution in [0.3, 0.4) is 0 Å². The van der Waals surface area contributed by atoms with E-state index in [0.717, 1.165) is 4.90 Å². The Balaban J connectivity index is 2.55. The number of nitrogens with one attached hydrogen (secondary N) is 1. The lowest BCUT2D eigenvalue weighted by Crippen LogP contribution is -2.36. The molecule has 2 N–H and O–H groups in total. The first kappa shape index (κ1) is 15.4. The summed E-state index contributed by atoms with van der Waals surface area (Å²) in [6.07, 6.45) is 1.98. The highest BCUT2D eigenvalue weighted by molar-refractivity contribution is 7.98. The quantitative estimate of drug-likeness (QED) is 0.814. The summed E-state index contributed by atoms with van der Waals surface area (Å²) in [7, 11) is 1.57. The normalized spacial score (nSPS) is 11.7. The molecule has 0 bridgehead atoms. The van der Waals surface area contributed by atoms with Crippen LogP contribution in [0.4, 0.5) is 10.5 Å². The fourth-order valence-electron chi connectivity index (χ4n) is 1.47. The van der Waals surface area contributed by atoms with Gasteiger partial charge >= 0.3 is 12.0 Å². The van der Waals surface area contributed by atoms with Crippen LogP contribution in [0, 0.1) is 5.92 Å². The van der Waals surface area contributed by atoms with Crippen molar-refractivity contribution in [1.29, 1.82) is 0 Å². The van der Waals surface area contributed by atoms with Crippen LogP contribution in [0.2, 0.25) is 0 Å². The van der Waals surface area contributed by atoms with Crippen molar-refractivity contribution in [2.75, 3.05) is 25.2 Å². The van der Waals surface area contributed by atoms with Crippen LogP contribution < -0.4 is 5.32 Å². The fraction of sp³-hybridized carbons (Fsp3) is 0.385. The second-order valence-corrected chi connectivity index (χ2v) is 5.16. The lowest BCUT2D eigenvalue weighted by Gasteiger charge is -2.20. The molecule has 5 nitrogen and oxygen atoms in total. The predicted octanol–water partition coefficient (Wildman–Crippen LogP) is 2.59. The Bertz CT molecular complexity index is 448. The van der Waals surface area contributed by atoms with Crippen LogP contribution in [-0.4, -0.2) is 41.9 Å². The summed E-state index contributed by atoms with van der Waals surface area (Å²) in [4.78, 5) is 25.0. The molecular weight excluding hydrogens is 264 g/mol. The summed E-state index contributed by atoms with van der Waals surface area (Å²) in [6, 6.07) is 7.15. The van der Waals surface area contributed by atoms with Gasteiger partial charge in [0.2, 0.25) is 0 Å². The Kier molecular flexibility index (Phi) is 5.69. The molecule has 0 fully saturated rings. The van der Waals surface area contributed by atoms with Gasteiger partial charge in [-0.15, -0.1) is 11.8 Å². The molecular formula is C13H18N2O3S. The molecule has 0 aliphatic carbocycles. The van der Waals surface area contributed by atoms with E-state index in [0.29, 0.717) is 5.69 Å². The first-order valence-electron chi connectivity index (χ1n) is 5.83. The van der Waals surface area contributed by atoms with Crippen molar-refractivity contribution in [3.05, 3.63) is 24.3 Å². The molecule has 1 aromatic carbocycles. The highest BCUT2D eigenvalue weighted by atomic mass is 32.2. The Morgan fingerprint density at radius 2 is 1.95 bits per heavy atom. The van der Waals surface area contributed by atoms with E-state index in [9.17, 15) is 9.59 Å². The van der Waals surface area contributed by atoms with Crippen molar-refractivity contribution in [1.82, 2.24) is 4.90 Å². The minimum absolute atomic E-state index is 0.171. The summed E-state index contributed by atoms with van der Waals surface area (Å²) in [5, 5.41) is 11.5. The molecule has 1 unspecified atom stereocenters. The maximum Gasteiger partial charge on any atom is 0.321 e. The number of hydrogen-bond acceptors (Lipinski definition) is 3. The van der Waals surface area contributed by atoms with E-state index in [-0.39, 0.29) is 12.6 Å². The average Bonchev–Trinajstić information content (AvgIpc) is 2.39. The van der Waals surface area contributed by atoms with Crippen molar-refractivity contribution >= 4 is 29.4 Å². The van der Waals surface area contributed by atoms with Gasteiger partial charge in [-0.1, -0.05) is 6.92 Å². The number of carboxylic acids is 1. The summed E-state index contributed by atoms with van der Waals surface area (Å²) in [5.74, 6) is -1.50. The number of thioether (sulfide) groups is 1. The van der Waals surface area contributed by atoms with Crippen LogP contribution in [0.15, 0.2) is 29.2 Å². The van der Waals surface area contributed by atoms with Gasteiger partial charge in [0.15, 0.2) is 0 Å². The number of carboxylic acid groups (broad SMARTS) is 1. The van der Waals surface area contributed by atoms with Crippen molar-refractivity contribution in [3.8, 4) is 0 Å². The van der Waals surface area contributed by atoms with Crippen molar-refractivity contribution in [2.45, 2.75) is 11.8 Å². The van der Waals surface area contributed by atoms with Gasteiger partial charge in [-0.05, 0) is 30.5 Å². The molecule has 104 valence electrons. The zero-order chi connectivity index (χ0) is 14.4. The molecule has 0 spiro atoms. The van der Waals surface area contributed by atoms with Crippen LogP contribution in [0.25, 0.3) is 0 Å². The van der Waals surface area contributed by atoms with E-state index in [1.54, 1.807) is 25.7 Å².